The van der Waals surface area contributed by atoms with Gasteiger partial charge in [0.2, 0.25) is 5.91 Å². The lowest BCUT2D eigenvalue weighted by Crippen LogP contribution is -2.13. The fraction of sp³-hybridized carbons (Fsp3) is 0.150. The van der Waals surface area contributed by atoms with Gasteiger partial charge in [-0.05, 0) is 24.3 Å². The quantitative estimate of drug-likeness (QED) is 0.489. The topological polar surface area (TPSA) is 73.0 Å². The average Bonchev–Trinajstić information content (AvgIpc) is 3.41. The van der Waals surface area contributed by atoms with Crippen LogP contribution in [0.15, 0.2) is 69.5 Å². The van der Waals surface area contributed by atoms with Crippen molar-refractivity contribution < 1.29 is 9.21 Å². The Morgan fingerprint density at radius 1 is 1.18 bits per heavy atom. The van der Waals surface area contributed by atoms with Gasteiger partial charge in [-0.15, -0.1) is 0 Å². The second kappa shape index (κ2) is 7.37. The van der Waals surface area contributed by atoms with Crippen LogP contribution in [0.4, 0.5) is 5.69 Å². The third-order valence-electron chi connectivity index (χ3n) is 4.37. The number of imidazole rings is 1. The highest BCUT2D eigenvalue weighted by Gasteiger charge is 2.15. The molecule has 1 aliphatic heterocycles. The fourth-order valence-electron chi connectivity index (χ4n) is 3.01. The van der Waals surface area contributed by atoms with Crippen LogP contribution in [0.25, 0.3) is 22.4 Å². The normalized spacial score (nSPS) is 13.0. The number of carbonyl (C=O) groups is 1. The molecule has 0 radical (unpaired) electrons. The number of fused-ring (bicyclic) bond motifs is 2. The van der Waals surface area contributed by atoms with Gasteiger partial charge in [-0.25, -0.2) is 9.97 Å². The SMILES string of the molecule is O=C(CSc1nc2ccccc2o1)Nc1ccc(-c2cn3c(n2)SCC3)cc1. The summed E-state index contributed by atoms with van der Waals surface area (Å²) in [4.78, 5) is 21.2. The minimum Gasteiger partial charge on any atom is -0.431 e. The number of aromatic nitrogens is 3. The Kier molecular flexibility index (Phi) is 4.58. The minimum atomic E-state index is -0.0997. The minimum absolute atomic E-state index is 0.0997. The van der Waals surface area contributed by atoms with Crippen LogP contribution in [0.1, 0.15) is 0 Å². The molecular weight excluding hydrogens is 392 g/mol. The molecule has 2 aromatic carbocycles. The number of amides is 1. The zero-order valence-corrected chi connectivity index (χ0v) is 16.4. The van der Waals surface area contributed by atoms with Gasteiger partial charge in [-0.1, -0.05) is 47.8 Å². The maximum atomic E-state index is 12.2. The van der Waals surface area contributed by atoms with E-state index in [9.17, 15) is 4.79 Å². The first-order chi connectivity index (χ1) is 13.7. The van der Waals surface area contributed by atoms with Crippen molar-refractivity contribution >= 4 is 46.2 Å². The number of anilines is 1. The summed E-state index contributed by atoms with van der Waals surface area (Å²) in [5, 5.41) is 4.47. The van der Waals surface area contributed by atoms with Crippen molar-refractivity contribution in [2.75, 3.05) is 16.8 Å². The third kappa shape index (κ3) is 3.53. The molecule has 28 heavy (non-hydrogen) atoms. The maximum absolute atomic E-state index is 12.2. The molecule has 0 unspecified atom stereocenters. The van der Waals surface area contributed by atoms with Crippen molar-refractivity contribution in [2.24, 2.45) is 0 Å². The summed E-state index contributed by atoms with van der Waals surface area (Å²) in [6, 6.07) is 15.3. The van der Waals surface area contributed by atoms with Crippen molar-refractivity contribution in [2.45, 2.75) is 16.9 Å². The summed E-state index contributed by atoms with van der Waals surface area (Å²) in [6.07, 6.45) is 2.08. The molecule has 5 rings (SSSR count). The van der Waals surface area contributed by atoms with E-state index < -0.39 is 0 Å². The van der Waals surface area contributed by atoms with Crippen molar-refractivity contribution in [3.05, 3.63) is 54.7 Å². The van der Waals surface area contributed by atoms with Crippen molar-refractivity contribution in [3.8, 4) is 11.3 Å². The second-order valence-corrected chi connectivity index (χ2v) is 8.30. The van der Waals surface area contributed by atoms with Crippen LogP contribution in [-0.4, -0.2) is 31.9 Å². The number of oxazole rings is 1. The molecule has 3 heterocycles. The molecule has 0 fully saturated rings. The van der Waals surface area contributed by atoms with Crippen molar-refractivity contribution in [1.29, 1.82) is 0 Å². The lowest BCUT2D eigenvalue weighted by atomic mass is 10.1. The molecule has 0 aliphatic carbocycles. The van der Waals surface area contributed by atoms with E-state index in [1.165, 1.54) is 11.8 Å². The molecular formula is C20H16N4O2S2. The van der Waals surface area contributed by atoms with Crippen LogP contribution in [0, 0.1) is 0 Å². The largest absolute Gasteiger partial charge is 0.431 e. The van der Waals surface area contributed by atoms with Gasteiger partial charge in [0.25, 0.3) is 5.22 Å². The lowest BCUT2D eigenvalue weighted by molar-refractivity contribution is -0.113. The van der Waals surface area contributed by atoms with Crippen LogP contribution >= 0.6 is 23.5 Å². The Hall–Kier alpha value is -2.71. The van der Waals surface area contributed by atoms with Gasteiger partial charge in [0.15, 0.2) is 10.7 Å². The molecule has 140 valence electrons. The first kappa shape index (κ1) is 17.4. The number of nitrogens with one attached hydrogen (secondary N) is 1. The van der Waals surface area contributed by atoms with Gasteiger partial charge in [-0.2, -0.15) is 0 Å². The van der Waals surface area contributed by atoms with Gasteiger partial charge >= 0.3 is 0 Å². The van der Waals surface area contributed by atoms with Gasteiger partial charge < -0.3 is 14.3 Å². The predicted octanol–water partition coefficient (Wildman–Crippen LogP) is 4.53. The summed E-state index contributed by atoms with van der Waals surface area (Å²) in [7, 11) is 0. The van der Waals surface area contributed by atoms with Gasteiger partial charge in [-0.3, -0.25) is 4.79 Å². The van der Waals surface area contributed by atoms with Gasteiger partial charge in [0.1, 0.15) is 5.52 Å². The van der Waals surface area contributed by atoms with E-state index in [1.807, 2.05) is 48.5 Å². The average molecular weight is 409 g/mol. The second-order valence-electron chi connectivity index (χ2n) is 6.31. The van der Waals surface area contributed by atoms with E-state index in [2.05, 4.69) is 26.0 Å². The first-order valence-electron chi connectivity index (χ1n) is 8.83. The summed E-state index contributed by atoms with van der Waals surface area (Å²) < 4.78 is 7.80. The molecule has 1 amide bonds. The van der Waals surface area contributed by atoms with Crippen LogP contribution in [0.2, 0.25) is 0 Å². The number of carbonyl (C=O) groups excluding carboxylic acids is 1. The number of nitrogens with zero attached hydrogens (tertiary/aromatic N) is 3. The highest BCUT2D eigenvalue weighted by molar-refractivity contribution is 7.99. The van der Waals surface area contributed by atoms with E-state index >= 15 is 0 Å². The Bertz CT molecular complexity index is 1100. The molecule has 0 spiro atoms. The Balaban J connectivity index is 1.20. The van der Waals surface area contributed by atoms with Crippen molar-refractivity contribution in [3.63, 3.8) is 0 Å². The molecule has 1 aliphatic rings. The van der Waals surface area contributed by atoms with Crippen LogP contribution < -0.4 is 5.32 Å². The third-order valence-corrected chi connectivity index (χ3v) is 6.17. The first-order valence-corrected chi connectivity index (χ1v) is 10.8. The van der Waals surface area contributed by atoms with Gasteiger partial charge in [0, 0.05) is 29.7 Å². The van der Waals surface area contributed by atoms with Crippen LogP contribution in [-0.2, 0) is 11.3 Å². The summed E-state index contributed by atoms with van der Waals surface area (Å²) in [6.45, 7) is 1.01. The van der Waals surface area contributed by atoms with Crippen molar-refractivity contribution in [1.82, 2.24) is 14.5 Å². The van der Waals surface area contributed by atoms with E-state index in [1.54, 1.807) is 11.8 Å². The Morgan fingerprint density at radius 2 is 2.04 bits per heavy atom. The van der Waals surface area contributed by atoms with Crippen LogP contribution in [0.3, 0.4) is 0 Å². The highest BCUT2D eigenvalue weighted by Crippen LogP contribution is 2.29. The smallest absolute Gasteiger partial charge is 0.257 e. The molecule has 4 aromatic rings. The summed E-state index contributed by atoms with van der Waals surface area (Å²) >= 11 is 3.06. The Labute approximate surface area is 169 Å². The number of rotatable bonds is 5. The molecule has 0 atom stereocenters. The molecule has 8 heteroatoms. The fourth-order valence-corrected chi connectivity index (χ4v) is 4.59. The van der Waals surface area contributed by atoms with E-state index in [-0.39, 0.29) is 11.7 Å². The number of benzene rings is 2. The van der Waals surface area contributed by atoms with Crippen LogP contribution in [0.5, 0.6) is 0 Å². The van der Waals surface area contributed by atoms with Gasteiger partial charge in [0.05, 0.1) is 11.4 Å². The molecule has 0 bridgehead atoms. The van der Waals surface area contributed by atoms with E-state index in [0.29, 0.717) is 5.22 Å². The number of thioether (sulfide) groups is 2. The van der Waals surface area contributed by atoms with E-state index in [4.69, 9.17) is 4.42 Å². The number of aryl methyl sites for hydroxylation is 1. The molecule has 0 saturated heterocycles. The molecule has 6 nitrogen and oxygen atoms in total. The summed E-state index contributed by atoms with van der Waals surface area (Å²) in [5.41, 5.74) is 4.29. The maximum Gasteiger partial charge on any atom is 0.257 e. The Morgan fingerprint density at radius 3 is 2.86 bits per heavy atom. The number of hydrogen-bond donors (Lipinski definition) is 1. The number of hydrogen-bond acceptors (Lipinski definition) is 6. The summed E-state index contributed by atoms with van der Waals surface area (Å²) in [5.74, 6) is 1.23. The molecule has 1 N–H and O–H groups in total. The zero-order valence-electron chi connectivity index (χ0n) is 14.8. The number of para-hydroxylation sites is 2. The molecule has 0 saturated carbocycles. The zero-order chi connectivity index (χ0) is 18.9. The standard InChI is InChI=1S/C20H16N4O2S2/c25-18(12-28-20-23-15-3-1-2-4-17(15)26-20)21-14-7-5-13(6-8-14)16-11-24-9-10-27-19(24)22-16/h1-8,11H,9-10,12H2,(H,21,25). The lowest BCUT2D eigenvalue weighted by Gasteiger charge is -2.05. The highest BCUT2D eigenvalue weighted by atomic mass is 32.2. The van der Waals surface area contributed by atoms with E-state index in [0.717, 1.165) is 45.5 Å². The monoisotopic (exact) mass is 408 g/mol. The predicted molar refractivity (Wildman–Crippen MR) is 112 cm³/mol. The molecule has 2 aromatic heterocycles.